The van der Waals surface area contributed by atoms with Gasteiger partial charge in [-0.3, -0.25) is 9.59 Å². The molecule has 0 unspecified atom stereocenters. The van der Waals surface area contributed by atoms with E-state index >= 15 is 0 Å². The van der Waals surface area contributed by atoms with E-state index in [1.165, 1.54) is 5.56 Å². The molecule has 2 aromatic rings. The number of nitrogens with one attached hydrogen (secondary N) is 2. The van der Waals surface area contributed by atoms with Gasteiger partial charge in [-0.2, -0.15) is 0 Å². The van der Waals surface area contributed by atoms with Crippen molar-refractivity contribution < 1.29 is 19.1 Å². The number of hydrogen-bond acceptors (Lipinski definition) is 4. The number of esters is 1. The standard InChI is InChI=1S/C24H27ClN2O4/c1-15(2)22(27-23(29)18-11-5-6-12-19(18)25)24(30)31-14-21(28)26-20-13-7-9-16-8-3-4-10-17(16)20/h3-6,8,10-12,15,20,22H,7,9,13-14H2,1-2H3,(H,26,28)(H,27,29)/t20-,22-/m0/s1. The van der Waals surface area contributed by atoms with Crippen molar-refractivity contribution in [3.63, 3.8) is 0 Å². The van der Waals surface area contributed by atoms with Crippen LogP contribution in [0.1, 0.15) is 54.2 Å². The zero-order chi connectivity index (χ0) is 22.4. The molecule has 2 aromatic carbocycles. The number of aryl methyl sites for hydroxylation is 1. The number of carbonyl (C=O) groups excluding carboxylic acids is 3. The molecule has 6 nitrogen and oxygen atoms in total. The highest BCUT2D eigenvalue weighted by molar-refractivity contribution is 6.33. The first-order valence-corrected chi connectivity index (χ1v) is 10.8. The van der Waals surface area contributed by atoms with Gasteiger partial charge in [0.1, 0.15) is 6.04 Å². The normalized spacial score (nSPS) is 16.2. The van der Waals surface area contributed by atoms with Crippen LogP contribution in [0.2, 0.25) is 5.02 Å². The lowest BCUT2D eigenvalue weighted by Gasteiger charge is -2.26. The van der Waals surface area contributed by atoms with Crippen LogP contribution in [0.25, 0.3) is 0 Å². The maximum atomic E-state index is 12.6. The lowest BCUT2D eigenvalue weighted by molar-refractivity contribution is -0.151. The zero-order valence-electron chi connectivity index (χ0n) is 17.7. The molecule has 1 aliphatic rings. The number of halogens is 1. The van der Waals surface area contributed by atoms with E-state index in [2.05, 4.69) is 16.7 Å². The van der Waals surface area contributed by atoms with E-state index in [0.29, 0.717) is 5.02 Å². The highest BCUT2D eigenvalue weighted by Gasteiger charge is 2.28. The van der Waals surface area contributed by atoms with Gasteiger partial charge in [-0.15, -0.1) is 0 Å². The minimum atomic E-state index is -0.896. The largest absolute Gasteiger partial charge is 0.454 e. The monoisotopic (exact) mass is 442 g/mol. The predicted octanol–water partition coefficient (Wildman–Crippen LogP) is 3.83. The van der Waals surface area contributed by atoms with Crippen molar-refractivity contribution in [1.29, 1.82) is 0 Å². The Kier molecular flexibility index (Phi) is 7.69. The molecule has 2 atom stereocenters. The molecule has 0 saturated carbocycles. The van der Waals surface area contributed by atoms with Crippen LogP contribution < -0.4 is 10.6 Å². The Labute approximate surface area is 187 Å². The molecule has 7 heteroatoms. The fourth-order valence-corrected chi connectivity index (χ4v) is 3.95. The number of benzene rings is 2. The van der Waals surface area contributed by atoms with Crippen LogP contribution in [0.5, 0.6) is 0 Å². The van der Waals surface area contributed by atoms with E-state index in [4.69, 9.17) is 16.3 Å². The molecular weight excluding hydrogens is 416 g/mol. The van der Waals surface area contributed by atoms with Gasteiger partial charge in [0.25, 0.3) is 11.8 Å². The fourth-order valence-electron chi connectivity index (χ4n) is 3.73. The third-order valence-corrected chi connectivity index (χ3v) is 5.71. The zero-order valence-corrected chi connectivity index (χ0v) is 18.4. The average molecular weight is 443 g/mol. The molecule has 2 N–H and O–H groups in total. The first kappa shape index (κ1) is 22.8. The summed E-state index contributed by atoms with van der Waals surface area (Å²) in [5.41, 5.74) is 2.62. The topological polar surface area (TPSA) is 84.5 Å². The Hall–Kier alpha value is -2.86. The molecule has 164 valence electrons. The smallest absolute Gasteiger partial charge is 0.329 e. The summed E-state index contributed by atoms with van der Waals surface area (Å²) >= 11 is 6.06. The van der Waals surface area contributed by atoms with Gasteiger partial charge in [0.2, 0.25) is 0 Å². The summed E-state index contributed by atoms with van der Waals surface area (Å²) < 4.78 is 5.23. The molecule has 0 heterocycles. The first-order valence-electron chi connectivity index (χ1n) is 10.5. The maximum Gasteiger partial charge on any atom is 0.329 e. The van der Waals surface area contributed by atoms with Crippen molar-refractivity contribution in [2.75, 3.05) is 6.61 Å². The van der Waals surface area contributed by atoms with Gasteiger partial charge in [-0.1, -0.05) is 61.8 Å². The number of amides is 2. The van der Waals surface area contributed by atoms with Crippen molar-refractivity contribution >= 4 is 29.4 Å². The van der Waals surface area contributed by atoms with Gasteiger partial charge in [-0.05, 0) is 48.4 Å². The predicted molar refractivity (Wildman–Crippen MR) is 119 cm³/mol. The Morgan fingerprint density at radius 3 is 2.55 bits per heavy atom. The molecule has 0 aliphatic heterocycles. The van der Waals surface area contributed by atoms with Gasteiger partial charge >= 0.3 is 5.97 Å². The SMILES string of the molecule is CC(C)[C@H](NC(=O)c1ccccc1Cl)C(=O)OCC(=O)N[C@H]1CCCc2ccccc21. The van der Waals surface area contributed by atoms with Crippen LogP contribution in [0, 0.1) is 5.92 Å². The van der Waals surface area contributed by atoms with Crippen molar-refractivity contribution in [1.82, 2.24) is 10.6 Å². The van der Waals surface area contributed by atoms with Gasteiger partial charge in [-0.25, -0.2) is 4.79 Å². The van der Waals surface area contributed by atoms with Crippen molar-refractivity contribution in [3.05, 3.63) is 70.2 Å². The molecule has 0 spiro atoms. The summed E-state index contributed by atoms with van der Waals surface area (Å²) in [6.07, 6.45) is 2.84. The van der Waals surface area contributed by atoms with Gasteiger partial charge in [0.15, 0.2) is 6.61 Å². The van der Waals surface area contributed by atoms with E-state index in [9.17, 15) is 14.4 Å². The quantitative estimate of drug-likeness (QED) is 0.638. The van der Waals surface area contributed by atoms with E-state index in [1.54, 1.807) is 38.1 Å². The first-order chi connectivity index (χ1) is 14.9. The summed E-state index contributed by atoms with van der Waals surface area (Å²) in [4.78, 5) is 37.5. The summed E-state index contributed by atoms with van der Waals surface area (Å²) in [6.45, 7) is 3.18. The van der Waals surface area contributed by atoms with Crippen LogP contribution in [-0.2, 0) is 20.7 Å². The summed E-state index contributed by atoms with van der Waals surface area (Å²) in [5, 5.41) is 5.91. The minimum Gasteiger partial charge on any atom is -0.454 e. The number of fused-ring (bicyclic) bond motifs is 1. The molecule has 1 aliphatic carbocycles. The third-order valence-electron chi connectivity index (χ3n) is 5.38. The van der Waals surface area contributed by atoms with Gasteiger partial charge in [0.05, 0.1) is 16.6 Å². The number of carbonyl (C=O) groups is 3. The van der Waals surface area contributed by atoms with Crippen molar-refractivity contribution in [2.45, 2.75) is 45.2 Å². The van der Waals surface area contributed by atoms with E-state index < -0.39 is 24.5 Å². The second-order valence-electron chi connectivity index (χ2n) is 7.99. The number of hydrogen-bond donors (Lipinski definition) is 2. The molecular formula is C24H27ClN2O4. The summed E-state index contributed by atoms with van der Waals surface area (Å²) in [7, 11) is 0. The van der Waals surface area contributed by atoms with Crippen LogP contribution >= 0.6 is 11.6 Å². The summed E-state index contributed by atoms with van der Waals surface area (Å²) in [6, 6.07) is 13.7. The molecule has 0 saturated heterocycles. The fraction of sp³-hybridized carbons (Fsp3) is 0.375. The van der Waals surface area contributed by atoms with Crippen molar-refractivity contribution in [3.8, 4) is 0 Å². The Morgan fingerprint density at radius 1 is 1.10 bits per heavy atom. The lowest BCUT2D eigenvalue weighted by atomic mass is 9.88. The molecule has 3 rings (SSSR count). The average Bonchev–Trinajstić information content (AvgIpc) is 2.76. The van der Waals surface area contributed by atoms with Gasteiger partial charge in [0, 0.05) is 0 Å². The maximum absolute atomic E-state index is 12.6. The molecule has 0 bridgehead atoms. The van der Waals surface area contributed by atoms with Crippen LogP contribution in [0.3, 0.4) is 0 Å². The van der Waals surface area contributed by atoms with Crippen molar-refractivity contribution in [2.24, 2.45) is 5.92 Å². The molecule has 0 aromatic heterocycles. The second kappa shape index (κ2) is 10.4. The second-order valence-corrected chi connectivity index (χ2v) is 8.40. The number of ether oxygens (including phenoxy) is 1. The number of rotatable bonds is 7. The highest BCUT2D eigenvalue weighted by Crippen LogP contribution is 2.29. The molecule has 31 heavy (non-hydrogen) atoms. The van der Waals surface area contributed by atoms with E-state index in [1.807, 2.05) is 18.2 Å². The van der Waals surface area contributed by atoms with E-state index in [0.717, 1.165) is 24.8 Å². The molecule has 0 fully saturated rings. The lowest BCUT2D eigenvalue weighted by Crippen LogP contribution is -2.46. The minimum absolute atomic E-state index is 0.0861. The van der Waals surface area contributed by atoms with Crippen LogP contribution in [-0.4, -0.2) is 30.4 Å². The molecule has 2 amide bonds. The Balaban J connectivity index is 1.56. The highest BCUT2D eigenvalue weighted by atomic mass is 35.5. The Bertz CT molecular complexity index is 960. The van der Waals surface area contributed by atoms with Gasteiger partial charge < -0.3 is 15.4 Å². The Morgan fingerprint density at radius 2 is 1.81 bits per heavy atom. The molecule has 0 radical (unpaired) electrons. The summed E-state index contributed by atoms with van der Waals surface area (Å²) in [5.74, 6) is -1.72. The van der Waals surface area contributed by atoms with Crippen LogP contribution in [0.15, 0.2) is 48.5 Å². The van der Waals surface area contributed by atoms with Crippen LogP contribution in [0.4, 0.5) is 0 Å². The van der Waals surface area contributed by atoms with E-state index in [-0.39, 0.29) is 23.4 Å². The third kappa shape index (κ3) is 5.85.